The number of ether oxygens (including phenoxy) is 1. The van der Waals surface area contributed by atoms with Crippen molar-refractivity contribution in [3.05, 3.63) is 77.2 Å². The third-order valence-corrected chi connectivity index (χ3v) is 6.41. The van der Waals surface area contributed by atoms with Crippen LogP contribution in [-0.4, -0.2) is 52.8 Å². The number of carbonyl (C=O) groups excluding carboxylic acids is 2. The van der Waals surface area contributed by atoms with Crippen LogP contribution in [0.2, 0.25) is 0 Å². The molecule has 2 N–H and O–H groups in total. The summed E-state index contributed by atoms with van der Waals surface area (Å²) in [6, 6.07) is 16.1. The number of amides is 2. The number of aliphatic carboxylic acids is 1. The third-order valence-electron chi connectivity index (χ3n) is 6.41. The summed E-state index contributed by atoms with van der Waals surface area (Å²) in [5, 5.41) is 15.6. The molecule has 0 saturated heterocycles. The van der Waals surface area contributed by atoms with Crippen LogP contribution >= 0.6 is 0 Å². The van der Waals surface area contributed by atoms with Crippen molar-refractivity contribution in [2.24, 2.45) is 5.92 Å². The van der Waals surface area contributed by atoms with E-state index in [1.807, 2.05) is 36.4 Å². The molecule has 0 spiro atoms. The highest BCUT2D eigenvalue weighted by Crippen LogP contribution is 2.44. The van der Waals surface area contributed by atoms with E-state index in [1.54, 1.807) is 0 Å². The van der Waals surface area contributed by atoms with Gasteiger partial charge in [-0.25, -0.2) is 4.79 Å². The molecule has 9 heteroatoms. The second-order valence-electron chi connectivity index (χ2n) is 8.88. The van der Waals surface area contributed by atoms with Crippen LogP contribution in [-0.2, 0) is 16.1 Å². The van der Waals surface area contributed by atoms with E-state index in [0.717, 1.165) is 35.1 Å². The molecular formula is C26H25N3O6. The highest BCUT2D eigenvalue weighted by molar-refractivity contribution is 5.96. The van der Waals surface area contributed by atoms with Gasteiger partial charge < -0.3 is 24.6 Å². The Bertz CT molecular complexity index is 1220. The first-order valence-electron chi connectivity index (χ1n) is 11.5. The standard InChI is InChI=1S/C26H25N3O6/c30-24(31)13-29(12-16-9-10-16)25(32)22-15-35-28-23(22)11-27-26(33)34-14-21-19-7-3-1-5-17(19)18-6-2-4-8-20(18)21/h1-8,15-16,21H,9-14H2,(H,27,33)(H,30,31). The van der Waals surface area contributed by atoms with Gasteiger partial charge in [-0.15, -0.1) is 0 Å². The molecule has 0 radical (unpaired) electrons. The van der Waals surface area contributed by atoms with Gasteiger partial charge in [0.05, 0.1) is 6.54 Å². The lowest BCUT2D eigenvalue weighted by Gasteiger charge is -2.20. The Balaban J connectivity index is 1.20. The van der Waals surface area contributed by atoms with E-state index in [9.17, 15) is 19.5 Å². The van der Waals surface area contributed by atoms with Crippen LogP contribution < -0.4 is 5.32 Å². The van der Waals surface area contributed by atoms with Crippen LogP contribution in [0.15, 0.2) is 59.3 Å². The number of fused-ring (bicyclic) bond motifs is 3. The fourth-order valence-electron chi connectivity index (χ4n) is 4.53. The van der Waals surface area contributed by atoms with Crippen molar-refractivity contribution >= 4 is 18.0 Å². The van der Waals surface area contributed by atoms with Crippen molar-refractivity contribution in [1.82, 2.24) is 15.4 Å². The van der Waals surface area contributed by atoms with Gasteiger partial charge in [0.25, 0.3) is 5.91 Å². The Morgan fingerprint density at radius 1 is 1.06 bits per heavy atom. The number of carboxylic acids is 1. The largest absolute Gasteiger partial charge is 0.480 e. The molecule has 1 saturated carbocycles. The number of aromatic nitrogens is 1. The Hall–Kier alpha value is -4.14. The summed E-state index contributed by atoms with van der Waals surface area (Å²) in [4.78, 5) is 37.9. The molecule has 0 unspecified atom stereocenters. The molecule has 35 heavy (non-hydrogen) atoms. The smallest absolute Gasteiger partial charge is 0.407 e. The number of hydrogen-bond donors (Lipinski definition) is 2. The van der Waals surface area contributed by atoms with Crippen molar-refractivity contribution in [2.75, 3.05) is 19.7 Å². The van der Waals surface area contributed by atoms with Crippen LogP contribution in [0.1, 0.15) is 45.9 Å². The maximum atomic E-state index is 12.9. The van der Waals surface area contributed by atoms with Crippen molar-refractivity contribution < 1.29 is 28.8 Å². The minimum Gasteiger partial charge on any atom is -0.480 e. The predicted molar refractivity (Wildman–Crippen MR) is 125 cm³/mol. The van der Waals surface area contributed by atoms with E-state index in [2.05, 4.69) is 22.6 Å². The van der Waals surface area contributed by atoms with Gasteiger partial charge in [-0.2, -0.15) is 0 Å². The average Bonchev–Trinajstić information content (AvgIpc) is 3.45. The van der Waals surface area contributed by atoms with Gasteiger partial charge in [-0.1, -0.05) is 53.7 Å². The second-order valence-corrected chi connectivity index (χ2v) is 8.88. The number of carbonyl (C=O) groups is 3. The molecule has 180 valence electrons. The molecule has 0 bridgehead atoms. The number of carboxylic acid groups (broad SMARTS) is 1. The number of nitrogens with one attached hydrogen (secondary N) is 1. The van der Waals surface area contributed by atoms with Crippen molar-refractivity contribution in [3.8, 4) is 11.1 Å². The summed E-state index contributed by atoms with van der Waals surface area (Å²) in [7, 11) is 0. The monoisotopic (exact) mass is 475 g/mol. The summed E-state index contributed by atoms with van der Waals surface area (Å²) >= 11 is 0. The molecule has 2 aromatic carbocycles. The van der Waals surface area contributed by atoms with E-state index >= 15 is 0 Å². The SMILES string of the molecule is O=C(O)CN(CC1CC1)C(=O)c1conc1CNC(=O)OCC1c2ccccc2-c2ccccc21. The number of nitrogens with zero attached hydrogens (tertiary/aromatic N) is 2. The number of hydrogen-bond acceptors (Lipinski definition) is 6. The van der Waals surface area contributed by atoms with Crippen LogP contribution in [0.5, 0.6) is 0 Å². The molecule has 0 aliphatic heterocycles. The van der Waals surface area contributed by atoms with Gasteiger partial charge in [-0.3, -0.25) is 9.59 Å². The molecule has 5 rings (SSSR count). The molecule has 2 aliphatic carbocycles. The summed E-state index contributed by atoms with van der Waals surface area (Å²) in [5.74, 6) is -1.32. The average molecular weight is 476 g/mol. The first-order valence-corrected chi connectivity index (χ1v) is 11.5. The van der Waals surface area contributed by atoms with Crippen LogP contribution in [0.4, 0.5) is 4.79 Å². The quantitative estimate of drug-likeness (QED) is 0.484. The number of benzene rings is 2. The van der Waals surface area contributed by atoms with Crippen LogP contribution in [0, 0.1) is 5.92 Å². The van der Waals surface area contributed by atoms with Gasteiger partial charge in [0.15, 0.2) is 0 Å². The van der Waals surface area contributed by atoms with Gasteiger partial charge in [0.1, 0.15) is 30.7 Å². The minimum atomic E-state index is -1.09. The van der Waals surface area contributed by atoms with Gasteiger partial charge in [0, 0.05) is 12.5 Å². The Labute approximate surface area is 201 Å². The molecule has 1 fully saturated rings. The molecule has 2 amide bonds. The zero-order valence-corrected chi connectivity index (χ0v) is 19.0. The topological polar surface area (TPSA) is 122 Å². The van der Waals surface area contributed by atoms with E-state index < -0.39 is 24.5 Å². The molecular weight excluding hydrogens is 450 g/mol. The van der Waals surface area contributed by atoms with E-state index in [-0.39, 0.29) is 30.3 Å². The van der Waals surface area contributed by atoms with E-state index in [0.29, 0.717) is 12.5 Å². The normalized spacial score (nSPS) is 14.2. The second kappa shape index (κ2) is 9.61. The fraction of sp³-hybridized carbons (Fsp3) is 0.308. The lowest BCUT2D eigenvalue weighted by atomic mass is 9.98. The van der Waals surface area contributed by atoms with E-state index in [4.69, 9.17) is 9.26 Å². The summed E-state index contributed by atoms with van der Waals surface area (Å²) < 4.78 is 10.5. The highest BCUT2D eigenvalue weighted by Gasteiger charge is 2.31. The van der Waals surface area contributed by atoms with Gasteiger partial charge in [0.2, 0.25) is 0 Å². The first kappa shape index (κ1) is 22.6. The molecule has 1 heterocycles. The Kier molecular flexibility index (Phi) is 6.22. The summed E-state index contributed by atoms with van der Waals surface area (Å²) in [5.41, 5.74) is 4.85. The summed E-state index contributed by atoms with van der Waals surface area (Å²) in [6.07, 6.45) is 2.49. The molecule has 2 aliphatic rings. The third kappa shape index (κ3) is 4.89. The zero-order valence-electron chi connectivity index (χ0n) is 19.0. The lowest BCUT2D eigenvalue weighted by molar-refractivity contribution is -0.137. The molecule has 9 nitrogen and oxygen atoms in total. The number of rotatable bonds is 9. The molecule has 3 aromatic rings. The highest BCUT2D eigenvalue weighted by atomic mass is 16.5. The Morgan fingerprint density at radius 2 is 1.71 bits per heavy atom. The van der Waals surface area contributed by atoms with Gasteiger partial charge >= 0.3 is 12.1 Å². The zero-order chi connectivity index (χ0) is 24.4. The fourth-order valence-corrected chi connectivity index (χ4v) is 4.53. The van der Waals surface area contributed by atoms with Crippen molar-refractivity contribution in [1.29, 1.82) is 0 Å². The van der Waals surface area contributed by atoms with Crippen molar-refractivity contribution in [2.45, 2.75) is 25.3 Å². The van der Waals surface area contributed by atoms with Gasteiger partial charge in [-0.05, 0) is 41.0 Å². The van der Waals surface area contributed by atoms with Crippen LogP contribution in [0.25, 0.3) is 11.1 Å². The molecule has 1 aromatic heterocycles. The minimum absolute atomic E-state index is 0.0654. The number of alkyl carbamates (subject to hydrolysis) is 1. The van der Waals surface area contributed by atoms with Crippen LogP contribution in [0.3, 0.4) is 0 Å². The molecule has 0 atom stereocenters. The first-order chi connectivity index (χ1) is 17.0. The van der Waals surface area contributed by atoms with E-state index in [1.165, 1.54) is 11.2 Å². The predicted octanol–water partition coefficient (Wildman–Crippen LogP) is 3.65. The summed E-state index contributed by atoms with van der Waals surface area (Å²) in [6.45, 7) is 0.0478. The lowest BCUT2D eigenvalue weighted by Crippen LogP contribution is -2.37. The Morgan fingerprint density at radius 3 is 2.34 bits per heavy atom. The van der Waals surface area contributed by atoms with Crippen molar-refractivity contribution in [3.63, 3.8) is 0 Å². The maximum Gasteiger partial charge on any atom is 0.407 e. The maximum absolute atomic E-state index is 12.9.